The van der Waals surface area contributed by atoms with Crippen molar-refractivity contribution in [1.82, 2.24) is 16.2 Å². The van der Waals surface area contributed by atoms with Crippen molar-refractivity contribution >= 4 is 29.1 Å². The number of benzene rings is 2. The van der Waals surface area contributed by atoms with Gasteiger partial charge in [0.05, 0.1) is 25.7 Å². The molecular weight excluding hydrogens is 394 g/mol. The second-order valence-electron chi connectivity index (χ2n) is 5.82. The summed E-state index contributed by atoms with van der Waals surface area (Å²) < 4.78 is 15.5. The second kappa shape index (κ2) is 11.6. The van der Waals surface area contributed by atoms with Crippen molar-refractivity contribution in [2.45, 2.75) is 6.42 Å². The summed E-state index contributed by atoms with van der Waals surface area (Å²) in [6.45, 7) is 0.709. The molecule has 0 bridgehead atoms. The summed E-state index contributed by atoms with van der Waals surface area (Å²) in [5, 5.41) is 2.46. The Labute approximate surface area is 174 Å². The number of amides is 2. The SMILES string of the molecule is COCCOc1ccccc1C(=O)NC(=S)NNC(=O)Cc1ccc(OC)cc1. The van der Waals surface area contributed by atoms with E-state index in [9.17, 15) is 9.59 Å². The molecule has 29 heavy (non-hydrogen) atoms. The van der Waals surface area contributed by atoms with Crippen molar-refractivity contribution < 1.29 is 23.8 Å². The van der Waals surface area contributed by atoms with Crippen LogP contribution in [0.2, 0.25) is 0 Å². The minimum Gasteiger partial charge on any atom is -0.497 e. The van der Waals surface area contributed by atoms with E-state index in [-0.39, 0.29) is 17.4 Å². The number of hydrogen-bond acceptors (Lipinski definition) is 6. The third-order valence-electron chi connectivity index (χ3n) is 3.74. The Morgan fingerprint density at radius 3 is 2.38 bits per heavy atom. The smallest absolute Gasteiger partial charge is 0.261 e. The normalized spacial score (nSPS) is 10.0. The minimum absolute atomic E-state index is 0.0372. The lowest BCUT2D eigenvalue weighted by Gasteiger charge is -2.13. The molecule has 2 rings (SSSR count). The van der Waals surface area contributed by atoms with Gasteiger partial charge in [0.25, 0.3) is 5.91 Å². The molecule has 0 aliphatic carbocycles. The zero-order chi connectivity index (χ0) is 21.1. The lowest BCUT2D eigenvalue weighted by atomic mass is 10.1. The van der Waals surface area contributed by atoms with Crippen LogP contribution in [0.15, 0.2) is 48.5 Å². The zero-order valence-corrected chi connectivity index (χ0v) is 17.0. The van der Waals surface area contributed by atoms with E-state index in [0.717, 1.165) is 5.56 Å². The van der Waals surface area contributed by atoms with Gasteiger partial charge in [0, 0.05) is 7.11 Å². The summed E-state index contributed by atoms with van der Waals surface area (Å²) in [6.07, 6.45) is 0.143. The maximum absolute atomic E-state index is 12.4. The Hall–Kier alpha value is -3.17. The van der Waals surface area contributed by atoms with Gasteiger partial charge in [0.2, 0.25) is 5.91 Å². The average Bonchev–Trinajstić information content (AvgIpc) is 2.73. The molecule has 0 aliphatic heterocycles. The highest BCUT2D eigenvalue weighted by Gasteiger charge is 2.14. The lowest BCUT2D eigenvalue weighted by Crippen LogP contribution is -2.48. The van der Waals surface area contributed by atoms with E-state index in [1.165, 1.54) is 0 Å². The summed E-state index contributed by atoms with van der Waals surface area (Å²) in [5.74, 6) is 0.353. The van der Waals surface area contributed by atoms with Crippen LogP contribution in [0.3, 0.4) is 0 Å². The first-order valence-electron chi connectivity index (χ1n) is 8.77. The second-order valence-corrected chi connectivity index (χ2v) is 6.23. The predicted molar refractivity (Wildman–Crippen MR) is 112 cm³/mol. The molecule has 0 aliphatic rings. The van der Waals surface area contributed by atoms with Gasteiger partial charge in [0.15, 0.2) is 5.11 Å². The number of carbonyl (C=O) groups excluding carboxylic acids is 2. The fourth-order valence-electron chi connectivity index (χ4n) is 2.32. The summed E-state index contributed by atoms with van der Waals surface area (Å²) in [4.78, 5) is 24.4. The van der Waals surface area contributed by atoms with E-state index in [1.807, 2.05) is 0 Å². The van der Waals surface area contributed by atoms with Gasteiger partial charge in [-0.2, -0.15) is 0 Å². The lowest BCUT2D eigenvalue weighted by molar-refractivity contribution is -0.121. The van der Waals surface area contributed by atoms with Crippen LogP contribution in [0.5, 0.6) is 11.5 Å². The molecule has 0 atom stereocenters. The molecule has 0 unspecified atom stereocenters. The monoisotopic (exact) mass is 417 g/mol. The Balaban J connectivity index is 1.82. The van der Waals surface area contributed by atoms with E-state index in [2.05, 4.69) is 16.2 Å². The van der Waals surface area contributed by atoms with Gasteiger partial charge in [-0.15, -0.1) is 0 Å². The molecule has 3 N–H and O–H groups in total. The Morgan fingerprint density at radius 2 is 1.69 bits per heavy atom. The molecule has 0 heterocycles. The van der Waals surface area contributed by atoms with Gasteiger partial charge in [0.1, 0.15) is 18.1 Å². The first kappa shape index (κ1) is 22.1. The zero-order valence-electron chi connectivity index (χ0n) is 16.2. The molecule has 0 aromatic heterocycles. The summed E-state index contributed by atoms with van der Waals surface area (Å²) >= 11 is 5.06. The number of hydrogen-bond donors (Lipinski definition) is 3. The number of methoxy groups -OCH3 is 2. The Bertz CT molecular complexity index is 842. The van der Waals surface area contributed by atoms with Gasteiger partial charge in [-0.3, -0.25) is 25.8 Å². The average molecular weight is 417 g/mol. The number of rotatable bonds is 8. The highest BCUT2D eigenvalue weighted by Crippen LogP contribution is 2.17. The standard InChI is InChI=1S/C20H23N3O5S/c1-26-11-12-28-17-6-4-3-5-16(17)19(25)21-20(29)23-22-18(24)13-14-7-9-15(27-2)10-8-14/h3-10H,11-13H2,1-2H3,(H,22,24)(H2,21,23,25,29). The van der Waals surface area contributed by atoms with E-state index in [0.29, 0.717) is 30.3 Å². The molecule has 2 amide bonds. The fraction of sp³-hybridized carbons (Fsp3) is 0.250. The van der Waals surface area contributed by atoms with Crippen LogP contribution in [-0.4, -0.2) is 44.4 Å². The molecular formula is C20H23N3O5S. The molecule has 2 aromatic rings. The number of ether oxygens (including phenoxy) is 3. The third-order valence-corrected chi connectivity index (χ3v) is 3.95. The van der Waals surface area contributed by atoms with Crippen molar-refractivity contribution in [3.8, 4) is 11.5 Å². The molecule has 0 spiro atoms. The number of carbonyl (C=O) groups is 2. The van der Waals surface area contributed by atoms with Gasteiger partial charge >= 0.3 is 0 Å². The fourth-order valence-corrected chi connectivity index (χ4v) is 2.46. The summed E-state index contributed by atoms with van der Waals surface area (Å²) in [5.41, 5.74) is 6.09. The first-order chi connectivity index (χ1) is 14.0. The molecule has 154 valence electrons. The third kappa shape index (κ3) is 7.40. The molecule has 2 aromatic carbocycles. The van der Waals surface area contributed by atoms with Gasteiger partial charge in [-0.05, 0) is 42.0 Å². The summed E-state index contributed by atoms with van der Waals surface area (Å²) in [7, 11) is 3.14. The van der Waals surface area contributed by atoms with Crippen LogP contribution in [0.25, 0.3) is 0 Å². The molecule has 9 heteroatoms. The number of thiocarbonyl (C=S) groups is 1. The number of hydrazine groups is 1. The van der Waals surface area contributed by atoms with Crippen molar-refractivity contribution in [3.63, 3.8) is 0 Å². The number of nitrogens with one attached hydrogen (secondary N) is 3. The Morgan fingerprint density at radius 1 is 0.966 bits per heavy atom. The van der Waals surface area contributed by atoms with E-state index >= 15 is 0 Å². The van der Waals surface area contributed by atoms with E-state index in [4.69, 9.17) is 26.4 Å². The largest absolute Gasteiger partial charge is 0.497 e. The van der Waals surface area contributed by atoms with Crippen LogP contribution in [0.1, 0.15) is 15.9 Å². The molecule has 0 saturated heterocycles. The van der Waals surface area contributed by atoms with Crippen molar-refractivity contribution in [2.75, 3.05) is 27.4 Å². The molecule has 0 radical (unpaired) electrons. The van der Waals surface area contributed by atoms with Crippen LogP contribution in [0.4, 0.5) is 0 Å². The molecule has 0 saturated carbocycles. The Kier molecular flexibility index (Phi) is 8.87. The van der Waals surface area contributed by atoms with Crippen molar-refractivity contribution in [2.24, 2.45) is 0 Å². The van der Waals surface area contributed by atoms with Gasteiger partial charge in [-0.25, -0.2) is 0 Å². The molecule has 0 fully saturated rings. The number of para-hydroxylation sites is 1. The maximum atomic E-state index is 12.4. The van der Waals surface area contributed by atoms with Crippen LogP contribution in [-0.2, 0) is 16.0 Å². The predicted octanol–water partition coefficient (Wildman–Crippen LogP) is 1.60. The highest BCUT2D eigenvalue weighted by molar-refractivity contribution is 7.80. The van der Waals surface area contributed by atoms with Crippen molar-refractivity contribution in [3.05, 3.63) is 59.7 Å². The van der Waals surface area contributed by atoms with Crippen LogP contribution < -0.4 is 25.6 Å². The van der Waals surface area contributed by atoms with Crippen LogP contribution in [0, 0.1) is 0 Å². The van der Waals surface area contributed by atoms with Gasteiger partial charge in [-0.1, -0.05) is 24.3 Å². The maximum Gasteiger partial charge on any atom is 0.261 e. The minimum atomic E-state index is -0.458. The van der Waals surface area contributed by atoms with E-state index < -0.39 is 5.91 Å². The topological polar surface area (TPSA) is 97.9 Å². The van der Waals surface area contributed by atoms with Crippen LogP contribution >= 0.6 is 12.2 Å². The molecule has 8 nitrogen and oxygen atoms in total. The first-order valence-corrected chi connectivity index (χ1v) is 9.18. The quantitative estimate of drug-likeness (QED) is 0.341. The highest BCUT2D eigenvalue weighted by atomic mass is 32.1. The van der Waals surface area contributed by atoms with Gasteiger partial charge < -0.3 is 14.2 Å². The van der Waals surface area contributed by atoms with Crippen molar-refractivity contribution in [1.29, 1.82) is 0 Å². The van der Waals surface area contributed by atoms with E-state index in [1.54, 1.807) is 62.8 Å². The summed E-state index contributed by atoms with van der Waals surface area (Å²) in [6, 6.07) is 13.9.